The summed E-state index contributed by atoms with van der Waals surface area (Å²) in [6.07, 6.45) is 0. The first-order chi connectivity index (χ1) is 4.50. The van der Waals surface area contributed by atoms with Crippen LogP contribution in [0.3, 0.4) is 0 Å². The molecule has 0 amide bonds. The smallest absolute Gasteiger partial charge is 0.147 e. The van der Waals surface area contributed by atoms with Crippen LogP contribution in [0.5, 0.6) is 0 Å². The molecule has 0 bridgehead atoms. The summed E-state index contributed by atoms with van der Waals surface area (Å²) in [4.78, 5) is 4.22. The Bertz CT molecular complexity index is 219. The van der Waals surface area contributed by atoms with E-state index in [1.54, 1.807) is 0 Å². The van der Waals surface area contributed by atoms with E-state index in [4.69, 9.17) is 0 Å². The van der Waals surface area contributed by atoms with Crippen LogP contribution < -0.4 is 0 Å². The second kappa shape index (κ2) is 2.08. The molecule has 0 fully saturated rings. The van der Waals surface area contributed by atoms with Crippen molar-refractivity contribution in [2.45, 2.75) is 33.1 Å². The molecule has 0 aliphatic carbocycles. The maximum atomic E-state index is 4.22. The van der Waals surface area contributed by atoms with Gasteiger partial charge in [0, 0.05) is 5.41 Å². The molecule has 0 saturated carbocycles. The summed E-state index contributed by atoms with van der Waals surface area (Å²) in [6, 6.07) is 0. The fourth-order valence-electron chi connectivity index (χ4n) is 0.681. The molecule has 1 N–H and O–H groups in total. The summed E-state index contributed by atoms with van der Waals surface area (Å²) in [6.45, 7) is 8.19. The number of nitrogens with zero attached hydrogens (tertiary/aromatic N) is 2. The standard InChI is InChI=1S/C7H13N3/c1-5-8-6(10-9-5)7(2,3)4/h1-4H3,(H,8,9,10). The zero-order chi connectivity index (χ0) is 7.78. The third kappa shape index (κ3) is 1.35. The van der Waals surface area contributed by atoms with Crippen LogP contribution in [0.1, 0.15) is 32.4 Å². The van der Waals surface area contributed by atoms with E-state index in [1.807, 2.05) is 6.92 Å². The van der Waals surface area contributed by atoms with Crippen LogP contribution in [0.2, 0.25) is 0 Å². The van der Waals surface area contributed by atoms with Crippen LogP contribution in [-0.2, 0) is 5.41 Å². The zero-order valence-electron chi connectivity index (χ0n) is 6.89. The molecule has 1 rings (SSSR count). The maximum absolute atomic E-state index is 4.22. The molecule has 1 aromatic rings. The molecule has 0 atom stereocenters. The van der Waals surface area contributed by atoms with Gasteiger partial charge < -0.3 is 0 Å². The fraction of sp³-hybridized carbons (Fsp3) is 0.714. The van der Waals surface area contributed by atoms with Crippen molar-refractivity contribution in [2.75, 3.05) is 0 Å². The van der Waals surface area contributed by atoms with Gasteiger partial charge in [0.1, 0.15) is 11.6 Å². The molecule has 0 unspecified atom stereocenters. The lowest BCUT2D eigenvalue weighted by molar-refractivity contribution is 0.548. The van der Waals surface area contributed by atoms with Gasteiger partial charge in [-0.3, -0.25) is 5.10 Å². The molecule has 0 spiro atoms. The summed E-state index contributed by atoms with van der Waals surface area (Å²) in [5, 5.41) is 6.83. The van der Waals surface area contributed by atoms with E-state index in [-0.39, 0.29) is 5.41 Å². The van der Waals surface area contributed by atoms with Crippen molar-refractivity contribution in [3.63, 3.8) is 0 Å². The van der Waals surface area contributed by atoms with E-state index < -0.39 is 0 Å². The molecule has 3 nitrogen and oxygen atoms in total. The Kier molecular flexibility index (Phi) is 1.50. The minimum absolute atomic E-state index is 0.0846. The lowest BCUT2D eigenvalue weighted by atomic mass is 9.96. The third-order valence-electron chi connectivity index (χ3n) is 1.31. The lowest BCUT2D eigenvalue weighted by Gasteiger charge is -2.12. The van der Waals surface area contributed by atoms with E-state index in [9.17, 15) is 0 Å². The molecule has 0 aliphatic heterocycles. The van der Waals surface area contributed by atoms with Gasteiger partial charge in [-0.1, -0.05) is 20.8 Å². The monoisotopic (exact) mass is 139 g/mol. The summed E-state index contributed by atoms with van der Waals surface area (Å²) in [5.41, 5.74) is 0.0846. The molecule has 0 aliphatic rings. The van der Waals surface area contributed by atoms with Gasteiger partial charge in [-0.15, -0.1) is 0 Å². The highest BCUT2D eigenvalue weighted by Crippen LogP contribution is 2.16. The predicted molar refractivity (Wildman–Crippen MR) is 39.8 cm³/mol. The van der Waals surface area contributed by atoms with Crippen LogP contribution >= 0.6 is 0 Å². The van der Waals surface area contributed by atoms with Crippen molar-refractivity contribution in [1.29, 1.82) is 0 Å². The van der Waals surface area contributed by atoms with Crippen molar-refractivity contribution in [3.05, 3.63) is 11.6 Å². The SMILES string of the molecule is Cc1n[nH]c(C(C)(C)C)n1. The average Bonchev–Trinajstić information content (AvgIpc) is 2.11. The molecule has 1 aromatic heterocycles. The number of aromatic amines is 1. The molecule has 0 saturated heterocycles. The Balaban J connectivity index is 2.96. The van der Waals surface area contributed by atoms with Gasteiger partial charge in [-0.25, -0.2) is 4.98 Å². The minimum Gasteiger partial charge on any atom is -0.263 e. The second-order valence-corrected chi connectivity index (χ2v) is 3.48. The highest BCUT2D eigenvalue weighted by molar-refractivity contribution is 5.00. The van der Waals surface area contributed by atoms with Crippen molar-refractivity contribution in [1.82, 2.24) is 15.2 Å². The van der Waals surface area contributed by atoms with E-state index in [1.165, 1.54) is 0 Å². The number of aromatic nitrogens is 3. The van der Waals surface area contributed by atoms with Gasteiger partial charge in [-0.05, 0) is 6.92 Å². The Morgan fingerprint density at radius 1 is 1.30 bits per heavy atom. The van der Waals surface area contributed by atoms with E-state index >= 15 is 0 Å². The predicted octanol–water partition coefficient (Wildman–Crippen LogP) is 1.41. The second-order valence-electron chi connectivity index (χ2n) is 3.48. The number of H-pyrrole nitrogens is 1. The molecule has 10 heavy (non-hydrogen) atoms. The maximum Gasteiger partial charge on any atom is 0.147 e. The molecular formula is C7H13N3. The number of aryl methyl sites for hydroxylation is 1. The van der Waals surface area contributed by atoms with Crippen molar-refractivity contribution in [3.8, 4) is 0 Å². The first kappa shape index (κ1) is 7.25. The van der Waals surface area contributed by atoms with E-state index in [2.05, 4.69) is 36.0 Å². The van der Waals surface area contributed by atoms with Crippen LogP contribution in [0.25, 0.3) is 0 Å². The number of hydrogen-bond donors (Lipinski definition) is 1. The summed E-state index contributed by atoms with van der Waals surface area (Å²) >= 11 is 0. The quantitative estimate of drug-likeness (QED) is 0.590. The molecule has 1 heterocycles. The average molecular weight is 139 g/mol. The van der Waals surface area contributed by atoms with Crippen LogP contribution in [-0.4, -0.2) is 15.2 Å². The van der Waals surface area contributed by atoms with Gasteiger partial charge >= 0.3 is 0 Å². The molecule has 0 aromatic carbocycles. The normalized spacial score (nSPS) is 12.0. The van der Waals surface area contributed by atoms with Crippen LogP contribution in [0.4, 0.5) is 0 Å². The number of nitrogens with one attached hydrogen (secondary N) is 1. The summed E-state index contributed by atoms with van der Waals surface area (Å²) < 4.78 is 0. The Morgan fingerprint density at radius 3 is 2.10 bits per heavy atom. The Morgan fingerprint density at radius 2 is 1.90 bits per heavy atom. The van der Waals surface area contributed by atoms with E-state index in [0.717, 1.165) is 11.6 Å². The largest absolute Gasteiger partial charge is 0.263 e. The zero-order valence-corrected chi connectivity index (χ0v) is 6.89. The molecular weight excluding hydrogens is 126 g/mol. The van der Waals surface area contributed by atoms with Crippen LogP contribution in [0.15, 0.2) is 0 Å². The molecule has 3 heteroatoms. The number of hydrogen-bond acceptors (Lipinski definition) is 2. The summed E-state index contributed by atoms with van der Waals surface area (Å²) in [7, 11) is 0. The minimum atomic E-state index is 0.0846. The van der Waals surface area contributed by atoms with Crippen molar-refractivity contribution >= 4 is 0 Å². The summed E-state index contributed by atoms with van der Waals surface area (Å²) in [5.74, 6) is 1.76. The topological polar surface area (TPSA) is 41.6 Å². The van der Waals surface area contributed by atoms with Crippen LogP contribution in [0, 0.1) is 6.92 Å². The first-order valence-corrected chi connectivity index (χ1v) is 3.39. The van der Waals surface area contributed by atoms with Crippen molar-refractivity contribution in [2.24, 2.45) is 0 Å². The first-order valence-electron chi connectivity index (χ1n) is 3.39. The van der Waals surface area contributed by atoms with Gasteiger partial charge in [0.05, 0.1) is 0 Å². The highest BCUT2D eigenvalue weighted by atomic mass is 15.2. The third-order valence-corrected chi connectivity index (χ3v) is 1.31. The number of rotatable bonds is 0. The highest BCUT2D eigenvalue weighted by Gasteiger charge is 2.16. The Labute approximate surface area is 60.9 Å². The van der Waals surface area contributed by atoms with Gasteiger partial charge in [0.2, 0.25) is 0 Å². The lowest BCUT2D eigenvalue weighted by Crippen LogP contribution is -2.13. The van der Waals surface area contributed by atoms with Crippen molar-refractivity contribution < 1.29 is 0 Å². The molecule has 56 valence electrons. The Hall–Kier alpha value is -0.860. The van der Waals surface area contributed by atoms with Gasteiger partial charge in [0.15, 0.2) is 0 Å². The van der Waals surface area contributed by atoms with Gasteiger partial charge in [-0.2, -0.15) is 5.10 Å². The fourth-order valence-corrected chi connectivity index (χ4v) is 0.681. The molecule has 0 radical (unpaired) electrons. The van der Waals surface area contributed by atoms with E-state index in [0.29, 0.717) is 0 Å². The van der Waals surface area contributed by atoms with Gasteiger partial charge in [0.25, 0.3) is 0 Å².